The van der Waals surface area contributed by atoms with Crippen LogP contribution < -0.4 is 4.74 Å². The van der Waals surface area contributed by atoms with Gasteiger partial charge in [-0.2, -0.15) is 5.26 Å². The molecule has 92 valence electrons. The highest BCUT2D eigenvalue weighted by molar-refractivity contribution is 6.32. The zero-order chi connectivity index (χ0) is 13.1. The third kappa shape index (κ3) is 3.62. The number of hydrogen-bond donors (Lipinski definition) is 1. The van der Waals surface area contributed by atoms with E-state index in [2.05, 4.69) is 0 Å². The average molecular weight is 254 g/mol. The smallest absolute Gasteiger partial charge is 0.138 e. The maximum atomic E-state index is 10.0. The van der Waals surface area contributed by atoms with Gasteiger partial charge in [-0.3, -0.25) is 0 Å². The van der Waals surface area contributed by atoms with E-state index in [-0.39, 0.29) is 12.5 Å². The van der Waals surface area contributed by atoms with E-state index >= 15 is 0 Å². The zero-order valence-corrected chi connectivity index (χ0v) is 11.0. The first-order valence-corrected chi connectivity index (χ1v) is 5.79. The van der Waals surface area contributed by atoms with Crippen LogP contribution in [0.5, 0.6) is 5.75 Å². The third-order valence-corrected chi connectivity index (χ3v) is 3.12. The highest BCUT2D eigenvalue weighted by atomic mass is 35.5. The lowest BCUT2D eigenvalue weighted by Gasteiger charge is -2.27. The van der Waals surface area contributed by atoms with Gasteiger partial charge in [-0.05, 0) is 31.0 Å². The summed E-state index contributed by atoms with van der Waals surface area (Å²) in [5.41, 5.74) is -0.421. The van der Waals surface area contributed by atoms with Crippen LogP contribution in [0.25, 0.3) is 0 Å². The number of benzene rings is 1. The molecule has 0 spiro atoms. The van der Waals surface area contributed by atoms with Crippen molar-refractivity contribution in [2.24, 2.45) is 5.92 Å². The minimum atomic E-state index is -0.906. The quantitative estimate of drug-likeness (QED) is 0.898. The van der Waals surface area contributed by atoms with Crippen LogP contribution in [0, 0.1) is 17.2 Å². The molecule has 3 nitrogen and oxygen atoms in total. The number of ether oxygens (including phenoxy) is 1. The van der Waals surface area contributed by atoms with Gasteiger partial charge in [0.15, 0.2) is 0 Å². The molecule has 1 N–H and O–H groups in total. The maximum Gasteiger partial charge on any atom is 0.138 e. The first-order valence-electron chi connectivity index (χ1n) is 5.41. The molecule has 17 heavy (non-hydrogen) atoms. The van der Waals surface area contributed by atoms with Crippen molar-refractivity contribution >= 4 is 11.6 Å². The predicted molar refractivity (Wildman–Crippen MR) is 67.1 cm³/mol. The van der Waals surface area contributed by atoms with Crippen LogP contribution in [0.1, 0.15) is 26.3 Å². The van der Waals surface area contributed by atoms with Crippen molar-refractivity contribution in [3.05, 3.63) is 28.8 Å². The molecular weight excluding hydrogens is 238 g/mol. The van der Waals surface area contributed by atoms with E-state index in [0.29, 0.717) is 16.3 Å². The lowest BCUT2D eigenvalue weighted by molar-refractivity contribution is -0.0266. The Morgan fingerprint density at radius 3 is 2.65 bits per heavy atom. The van der Waals surface area contributed by atoms with Gasteiger partial charge < -0.3 is 9.84 Å². The second kappa shape index (κ2) is 5.39. The van der Waals surface area contributed by atoms with E-state index < -0.39 is 5.60 Å². The van der Waals surface area contributed by atoms with Gasteiger partial charge >= 0.3 is 0 Å². The van der Waals surface area contributed by atoms with Crippen molar-refractivity contribution in [2.45, 2.75) is 26.4 Å². The largest absolute Gasteiger partial charge is 0.489 e. The molecular formula is C13H16ClNO2. The second-order valence-corrected chi connectivity index (χ2v) is 4.96. The topological polar surface area (TPSA) is 53.2 Å². The molecule has 0 aliphatic rings. The number of hydrogen-bond acceptors (Lipinski definition) is 3. The summed E-state index contributed by atoms with van der Waals surface area (Å²) in [6.07, 6.45) is 0. The Hall–Kier alpha value is -1.24. The van der Waals surface area contributed by atoms with Gasteiger partial charge in [0.25, 0.3) is 0 Å². The highest BCUT2D eigenvalue weighted by Gasteiger charge is 2.26. The predicted octanol–water partition coefficient (Wildman–Crippen LogP) is 3.00. The average Bonchev–Trinajstić information content (AvgIpc) is 2.27. The summed E-state index contributed by atoms with van der Waals surface area (Å²) >= 11 is 5.96. The Bertz CT molecular complexity index is 436. The molecule has 0 aromatic heterocycles. The molecule has 1 aromatic carbocycles. The SMILES string of the molecule is CC(C)C(C)(O)COc1ccc(C#N)cc1Cl. The highest BCUT2D eigenvalue weighted by Crippen LogP contribution is 2.27. The fourth-order valence-corrected chi connectivity index (χ4v) is 1.31. The van der Waals surface area contributed by atoms with Crippen molar-refractivity contribution in [2.75, 3.05) is 6.61 Å². The maximum absolute atomic E-state index is 10.0. The fraction of sp³-hybridized carbons (Fsp3) is 0.462. The third-order valence-electron chi connectivity index (χ3n) is 2.82. The molecule has 0 fully saturated rings. The lowest BCUT2D eigenvalue weighted by Crippen LogP contribution is -2.37. The van der Waals surface area contributed by atoms with Crippen LogP contribution in [0.4, 0.5) is 0 Å². The van der Waals surface area contributed by atoms with Gasteiger partial charge in [0, 0.05) is 0 Å². The van der Waals surface area contributed by atoms with Crippen LogP contribution in [0.3, 0.4) is 0 Å². The van der Waals surface area contributed by atoms with Gasteiger partial charge in [0.05, 0.1) is 22.3 Å². The molecule has 0 radical (unpaired) electrons. The van der Waals surface area contributed by atoms with E-state index in [4.69, 9.17) is 21.6 Å². The molecule has 0 aliphatic carbocycles. The first kappa shape index (κ1) is 13.8. The van der Waals surface area contributed by atoms with Crippen molar-refractivity contribution in [3.8, 4) is 11.8 Å². The molecule has 1 unspecified atom stereocenters. The van der Waals surface area contributed by atoms with E-state index in [1.54, 1.807) is 25.1 Å². The summed E-state index contributed by atoms with van der Waals surface area (Å²) in [5, 5.41) is 19.1. The summed E-state index contributed by atoms with van der Waals surface area (Å²) in [6.45, 7) is 5.72. The molecule has 0 saturated carbocycles. The van der Waals surface area contributed by atoms with E-state index in [1.807, 2.05) is 19.9 Å². The number of rotatable bonds is 4. The van der Waals surface area contributed by atoms with E-state index in [9.17, 15) is 5.11 Å². The molecule has 0 aliphatic heterocycles. The number of nitrogens with zero attached hydrogens (tertiary/aromatic N) is 1. The summed E-state index contributed by atoms with van der Waals surface area (Å²) < 4.78 is 5.47. The summed E-state index contributed by atoms with van der Waals surface area (Å²) in [6, 6.07) is 6.81. The normalized spacial score (nSPS) is 14.2. The molecule has 1 atom stereocenters. The van der Waals surface area contributed by atoms with Crippen LogP contribution in [0.15, 0.2) is 18.2 Å². The van der Waals surface area contributed by atoms with Crippen LogP contribution in [-0.2, 0) is 0 Å². The molecule has 0 bridgehead atoms. The van der Waals surface area contributed by atoms with Crippen LogP contribution >= 0.6 is 11.6 Å². The van der Waals surface area contributed by atoms with Gasteiger partial charge in [-0.1, -0.05) is 25.4 Å². The summed E-state index contributed by atoms with van der Waals surface area (Å²) in [5.74, 6) is 0.561. The van der Waals surface area contributed by atoms with Crippen molar-refractivity contribution in [1.29, 1.82) is 5.26 Å². The molecule has 0 heterocycles. The number of aliphatic hydroxyl groups is 1. The van der Waals surface area contributed by atoms with Crippen LogP contribution in [-0.4, -0.2) is 17.3 Å². The molecule has 0 amide bonds. The Kier molecular flexibility index (Phi) is 4.39. The number of nitriles is 1. The Balaban J connectivity index is 2.74. The Morgan fingerprint density at radius 1 is 1.53 bits per heavy atom. The Labute approximate surface area is 107 Å². The zero-order valence-electron chi connectivity index (χ0n) is 10.2. The second-order valence-electron chi connectivity index (χ2n) is 4.56. The minimum Gasteiger partial charge on any atom is -0.489 e. The van der Waals surface area contributed by atoms with E-state index in [1.165, 1.54) is 0 Å². The van der Waals surface area contributed by atoms with Crippen molar-refractivity contribution in [1.82, 2.24) is 0 Å². The van der Waals surface area contributed by atoms with Crippen LogP contribution in [0.2, 0.25) is 5.02 Å². The van der Waals surface area contributed by atoms with Gasteiger partial charge in [0.1, 0.15) is 12.4 Å². The van der Waals surface area contributed by atoms with Gasteiger partial charge in [0.2, 0.25) is 0 Å². The van der Waals surface area contributed by atoms with Crippen molar-refractivity contribution < 1.29 is 9.84 Å². The molecule has 4 heteroatoms. The van der Waals surface area contributed by atoms with Crippen molar-refractivity contribution in [3.63, 3.8) is 0 Å². The number of halogens is 1. The molecule has 1 rings (SSSR count). The fourth-order valence-electron chi connectivity index (χ4n) is 1.08. The van der Waals surface area contributed by atoms with E-state index in [0.717, 1.165) is 0 Å². The Morgan fingerprint density at radius 2 is 2.18 bits per heavy atom. The monoisotopic (exact) mass is 253 g/mol. The summed E-state index contributed by atoms with van der Waals surface area (Å²) in [7, 11) is 0. The summed E-state index contributed by atoms with van der Waals surface area (Å²) in [4.78, 5) is 0. The van der Waals surface area contributed by atoms with Gasteiger partial charge in [-0.15, -0.1) is 0 Å². The minimum absolute atomic E-state index is 0.0830. The molecule has 1 aromatic rings. The van der Waals surface area contributed by atoms with Gasteiger partial charge in [-0.25, -0.2) is 0 Å². The molecule has 0 saturated heterocycles. The standard InChI is InChI=1S/C13H16ClNO2/c1-9(2)13(3,16)8-17-12-5-4-10(7-15)6-11(12)14/h4-6,9,16H,8H2,1-3H3. The lowest BCUT2D eigenvalue weighted by atomic mass is 9.94. The first-order chi connectivity index (χ1) is 7.86.